The Labute approximate surface area is 68.9 Å². The molecule has 1 unspecified atom stereocenters. The van der Waals surface area contributed by atoms with Crippen LogP contribution >= 0.6 is 0 Å². The molecule has 0 saturated carbocycles. The first kappa shape index (κ1) is 10.4. The van der Waals surface area contributed by atoms with Crippen LogP contribution in [0.15, 0.2) is 0 Å². The number of nitrogens with one attached hydrogen (secondary N) is 3. The Bertz CT molecular complexity index is 144. The van der Waals surface area contributed by atoms with Crippen molar-refractivity contribution in [3.63, 3.8) is 0 Å². The third kappa shape index (κ3) is 2.19. The molecule has 0 aliphatic heterocycles. The maximum Gasteiger partial charge on any atom is 0.101 e. The fourth-order valence-electron chi connectivity index (χ4n) is 0.919. The molecule has 3 heteroatoms. The highest BCUT2D eigenvalue weighted by molar-refractivity contribution is 5.06. The lowest BCUT2D eigenvalue weighted by molar-refractivity contribution is 0.277. The second-order valence-electron chi connectivity index (χ2n) is 2.57. The molecule has 0 rings (SSSR count). The molecule has 0 fully saturated rings. The summed E-state index contributed by atoms with van der Waals surface area (Å²) in [5.41, 5.74) is -0.309. The van der Waals surface area contributed by atoms with Gasteiger partial charge in [-0.05, 0) is 34.5 Å². The standard InChI is InChI=1S/C8H16N3/c1-6-7(9-3)8(2,10-4)11-5/h7,9-11H,2-5H3. The second kappa shape index (κ2) is 4.35. The van der Waals surface area contributed by atoms with Crippen molar-refractivity contribution < 1.29 is 0 Å². The topological polar surface area (TPSA) is 36.1 Å². The lowest BCUT2D eigenvalue weighted by Crippen LogP contribution is -2.63. The van der Waals surface area contributed by atoms with Crippen molar-refractivity contribution in [1.29, 1.82) is 0 Å². The van der Waals surface area contributed by atoms with Gasteiger partial charge in [-0.15, -0.1) is 0 Å². The van der Waals surface area contributed by atoms with Crippen molar-refractivity contribution in [2.45, 2.75) is 18.6 Å². The molecule has 3 nitrogen and oxygen atoms in total. The molecular weight excluding hydrogens is 138 g/mol. The molecule has 3 N–H and O–H groups in total. The number of rotatable bonds is 4. The maximum atomic E-state index is 7.03. The average molecular weight is 154 g/mol. The molecule has 0 aromatic carbocycles. The van der Waals surface area contributed by atoms with Gasteiger partial charge in [-0.2, -0.15) is 0 Å². The molecule has 0 amide bonds. The first-order valence-corrected chi connectivity index (χ1v) is 3.62. The quantitative estimate of drug-likeness (QED) is 0.371. The molecule has 0 aromatic rings. The third-order valence-corrected chi connectivity index (χ3v) is 2.05. The molecule has 0 spiro atoms. The molecule has 1 atom stereocenters. The second-order valence-corrected chi connectivity index (χ2v) is 2.57. The van der Waals surface area contributed by atoms with Gasteiger partial charge in [-0.25, -0.2) is 0 Å². The zero-order valence-corrected chi connectivity index (χ0v) is 7.58. The monoisotopic (exact) mass is 154 g/mol. The predicted molar refractivity (Wildman–Crippen MR) is 46.5 cm³/mol. The Morgan fingerprint density at radius 2 is 1.73 bits per heavy atom. The summed E-state index contributed by atoms with van der Waals surface area (Å²) in [4.78, 5) is 0. The van der Waals surface area contributed by atoms with Crippen LogP contribution in [0, 0.1) is 12.3 Å². The minimum Gasteiger partial charge on any atom is -0.304 e. The Kier molecular flexibility index (Phi) is 4.12. The van der Waals surface area contributed by atoms with Gasteiger partial charge in [-0.3, -0.25) is 0 Å². The fourth-order valence-corrected chi connectivity index (χ4v) is 0.919. The maximum absolute atomic E-state index is 7.03. The Balaban J connectivity index is 4.35. The fraction of sp³-hybridized carbons (Fsp3) is 0.750. The van der Waals surface area contributed by atoms with E-state index >= 15 is 0 Å². The molecule has 0 aliphatic rings. The van der Waals surface area contributed by atoms with Crippen molar-refractivity contribution >= 4 is 0 Å². The smallest absolute Gasteiger partial charge is 0.101 e. The van der Waals surface area contributed by atoms with Gasteiger partial charge in [0.1, 0.15) is 6.04 Å². The van der Waals surface area contributed by atoms with E-state index in [-0.39, 0.29) is 11.7 Å². The van der Waals surface area contributed by atoms with Crippen LogP contribution in [0.25, 0.3) is 0 Å². The molecule has 63 valence electrons. The average Bonchev–Trinajstić information content (AvgIpc) is 2.06. The van der Waals surface area contributed by atoms with Crippen molar-refractivity contribution in [2.24, 2.45) is 0 Å². The van der Waals surface area contributed by atoms with Gasteiger partial charge < -0.3 is 16.0 Å². The van der Waals surface area contributed by atoms with Crippen LogP contribution in [0.5, 0.6) is 0 Å². The van der Waals surface area contributed by atoms with E-state index in [0.717, 1.165) is 0 Å². The highest BCUT2D eigenvalue weighted by atomic mass is 15.2. The third-order valence-electron chi connectivity index (χ3n) is 2.05. The summed E-state index contributed by atoms with van der Waals surface area (Å²) in [5, 5.41) is 9.12. The summed E-state index contributed by atoms with van der Waals surface area (Å²) in [6, 6.07) is -0.127. The Hall–Kier alpha value is -0.560. The van der Waals surface area contributed by atoms with Gasteiger partial charge in [0.15, 0.2) is 0 Å². The van der Waals surface area contributed by atoms with Crippen LogP contribution in [-0.4, -0.2) is 32.8 Å². The van der Waals surface area contributed by atoms with Gasteiger partial charge in [0.2, 0.25) is 0 Å². The summed E-state index contributed by atoms with van der Waals surface area (Å²) in [6.07, 6.45) is 7.03. The molecule has 0 saturated heterocycles. The van der Waals surface area contributed by atoms with Crippen LogP contribution in [0.4, 0.5) is 0 Å². The zero-order valence-electron chi connectivity index (χ0n) is 7.58. The van der Waals surface area contributed by atoms with E-state index in [4.69, 9.17) is 6.42 Å². The van der Waals surface area contributed by atoms with E-state index in [2.05, 4.69) is 21.9 Å². The van der Waals surface area contributed by atoms with Crippen molar-refractivity contribution in [3.8, 4) is 5.92 Å². The van der Waals surface area contributed by atoms with Gasteiger partial charge in [0.05, 0.1) is 5.66 Å². The lowest BCUT2D eigenvalue weighted by atomic mass is 10.0. The van der Waals surface area contributed by atoms with Crippen LogP contribution in [-0.2, 0) is 0 Å². The zero-order chi connectivity index (χ0) is 8.91. The van der Waals surface area contributed by atoms with Crippen LogP contribution < -0.4 is 16.0 Å². The van der Waals surface area contributed by atoms with E-state index in [1.165, 1.54) is 0 Å². The molecule has 0 heterocycles. The minimum atomic E-state index is -0.309. The first-order chi connectivity index (χ1) is 5.14. The van der Waals surface area contributed by atoms with E-state index in [1.807, 2.05) is 21.0 Å². The highest BCUT2D eigenvalue weighted by Crippen LogP contribution is 2.02. The summed E-state index contributed by atoms with van der Waals surface area (Å²) < 4.78 is 0. The lowest BCUT2D eigenvalue weighted by Gasteiger charge is -2.33. The largest absolute Gasteiger partial charge is 0.304 e. The normalized spacial score (nSPS) is 14.1. The van der Waals surface area contributed by atoms with E-state index < -0.39 is 0 Å². The van der Waals surface area contributed by atoms with Gasteiger partial charge >= 0.3 is 0 Å². The van der Waals surface area contributed by atoms with Crippen LogP contribution in [0.1, 0.15) is 6.92 Å². The summed E-state index contributed by atoms with van der Waals surface area (Å²) in [7, 11) is 5.50. The highest BCUT2D eigenvalue weighted by Gasteiger charge is 2.27. The molecule has 0 aliphatic carbocycles. The van der Waals surface area contributed by atoms with E-state index in [9.17, 15) is 0 Å². The van der Waals surface area contributed by atoms with Gasteiger partial charge in [0.25, 0.3) is 0 Å². The first-order valence-electron chi connectivity index (χ1n) is 3.62. The summed E-state index contributed by atoms with van der Waals surface area (Å²) >= 11 is 0. The Morgan fingerprint density at radius 3 is 1.82 bits per heavy atom. The number of likely N-dealkylation sites (N-methyl/N-ethyl adjacent to an activating group) is 3. The van der Waals surface area contributed by atoms with Gasteiger partial charge in [-0.1, -0.05) is 5.92 Å². The van der Waals surface area contributed by atoms with Crippen molar-refractivity contribution in [3.05, 3.63) is 6.42 Å². The summed E-state index contributed by atoms with van der Waals surface area (Å²) in [5.74, 6) is 2.41. The molecule has 0 bridgehead atoms. The van der Waals surface area contributed by atoms with Crippen molar-refractivity contribution in [1.82, 2.24) is 16.0 Å². The van der Waals surface area contributed by atoms with Crippen molar-refractivity contribution in [2.75, 3.05) is 21.1 Å². The van der Waals surface area contributed by atoms with E-state index in [1.54, 1.807) is 7.05 Å². The molecule has 0 aromatic heterocycles. The predicted octanol–water partition coefficient (Wildman–Crippen LogP) is -0.681. The number of hydrogen-bond donors (Lipinski definition) is 3. The molecular formula is C8H16N3. The van der Waals surface area contributed by atoms with Gasteiger partial charge in [0, 0.05) is 0 Å². The van der Waals surface area contributed by atoms with Crippen LogP contribution in [0.2, 0.25) is 0 Å². The molecule has 1 radical (unpaired) electrons. The summed E-state index contributed by atoms with van der Waals surface area (Å²) in [6.45, 7) is 1.97. The minimum absolute atomic E-state index is 0.127. The molecule has 11 heavy (non-hydrogen) atoms. The Morgan fingerprint density at radius 1 is 1.27 bits per heavy atom. The number of hydrogen-bond acceptors (Lipinski definition) is 3. The SMILES string of the molecule is [C]#CC(NC)C(C)(NC)NC. The van der Waals surface area contributed by atoms with E-state index in [0.29, 0.717) is 0 Å². The van der Waals surface area contributed by atoms with Crippen LogP contribution in [0.3, 0.4) is 0 Å².